The lowest BCUT2D eigenvalue weighted by Gasteiger charge is -2.09. The quantitative estimate of drug-likeness (QED) is 0.821. The lowest BCUT2D eigenvalue weighted by molar-refractivity contribution is 0.244. The number of methoxy groups -OCH3 is 2. The summed E-state index contributed by atoms with van der Waals surface area (Å²) in [6.07, 6.45) is 4.09. The van der Waals surface area contributed by atoms with Crippen molar-refractivity contribution in [3.8, 4) is 11.5 Å². The molecule has 5 nitrogen and oxygen atoms in total. The molecule has 5 heteroatoms. The standard InChI is InChI=1S/C19H22N2O3/c1-23-17-9-5-3-7-15(17)11-13-20-19(22)21-14-12-16-8-4-6-10-18(16)24-2/h3-11,13H,12,14H2,1-2H3,(H2,20,21,22)/b13-11+. The third-order valence-corrected chi connectivity index (χ3v) is 3.49. The first kappa shape index (κ1) is 17.4. The number of hydrogen-bond acceptors (Lipinski definition) is 3. The Hall–Kier alpha value is -2.95. The van der Waals surface area contributed by atoms with Crippen molar-refractivity contribution < 1.29 is 14.3 Å². The van der Waals surface area contributed by atoms with Crippen LogP contribution in [0.1, 0.15) is 11.1 Å². The molecule has 0 spiro atoms. The van der Waals surface area contributed by atoms with Gasteiger partial charge in [0.15, 0.2) is 0 Å². The highest BCUT2D eigenvalue weighted by atomic mass is 16.5. The van der Waals surface area contributed by atoms with E-state index < -0.39 is 0 Å². The Bertz CT molecular complexity index is 699. The van der Waals surface area contributed by atoms with E-state index in [9.17, 15) is 4.79 Å². The predicted octanol–water partition coefficient (Wildman–Crippen LogP) is 3.22. The van der Waals surface area contributed by atoms with Crippen LogP contribution in [0.5, 0.6) is 11.5 Å². The summed E-state index contributed by atoms with van der Waals surface area (Å²) in [5.74, 6) is 1.59. The van der Waals surface area contributed by atoms with Crippen LogP contribution >= 0.6 is 0 Å². The fraction of sp³-hybridized carbons (Fsp3) is 0.211. The minimum atomic E-state index is -0.254. The maximum atomic E-state index is 11.8. The molecule has 0 aliphatic heterocycles. The Morgan fingerprint density at radius 2 is 1.67 bits per heavy atom. The number of hydrogen-bond donors (Lipinski definition) is 2. The molecule has 0 radical (unpaired) electrons. The summed E-state index contributed by atoms with van der Waals surface area (Å²) >= 11 is 0. The van der Waals surface area contributed by atoms with Crippen molar-refractivity contribution in [2.75, 3.05) is 20.8 Å². The number of nitrogens with one attached hydrogen (secondary N) is 2. The van der Waals surface area contributed by atoms with E-state index in [1.807, 2.05) is 48.5 Å². The average molecular weight is 326 g/mol. The normalized spacial score (nSPS) is 10.4. The van der Waals surface area contributed by atoms with Gasteiger partial charge in [-0.3, -0.25) is 0 Å². The maximum absolute atomic E-state index is 11.8. The molecule has 0 atom stereocenters. The van der Waals surface area contributed by atoms with E-state index in [2.05, 4.69) is 10.6 Å². The molecule has 2 aromatic carbocycles. The monoisotopic (exact) mass is 326 g/mol. The number of amides is 2. The second-order valence-electron chi connectivity index (χ2n) is 5.04. The van der Waals surface area contributed by atoms with Crippen LogP contribution in [-0.2, 0) is 6.42 Å². The van der Waals surface area contributed by atoms with Crippen LogP contribution in [0.3, 0.4) is 0 Å². The van der Waals surface area contributed by atoms with Crippen molar-refractivity contribution in [1.82, 2.24) is 10.6 Å². The minimum Gasteiger partial charge on any atom is -0.496 e. The summed E-state index contributed by atoms with van der Waals surface area (Å²) in [6, 6.07) is 15.1. The van der Waals surface area contributed by atoms with Gasteiger partial charge in [-0.2, -0.15) is 0 Å². The van der Waals surface area contributed by atoms with Gasteiger partial charge in [-0.1, -0.05) is 36.4 Å². The van der Waals surface area contributed by atoms with Gasteiger partial charge in [0.25, 0.3) is 0 Å². The lowest BCUT2D eigenvalue weighted by atomic mass is 10.1. The first-order valence-corrected chi connectivity index (χ1v) is 7.70. The summed E-state index contributed by atoms with van der Waals surface area (Å²) in [5.41, 5.74) is 1.96. The van der Waals surface area contributed by atoms with E-state index in [-0.39, 0.29) is 6.03 Å². The number of urea groups is 1. The van der Waals surface area contributed by atoms with Crippen LogP contribution in [0.25, 0.3) is 6.08 Å². The zero-order valence-corrected chi connectivity index (χ0v) is 13.9. The zero-order chi connectivity index (χ0) is 17.2. The Morgan fingerprint density at radius 1 is 1.00 bits per heavy atom. The highest BCUT2D eigenvalue weighted by Gasteiger charge is 2.03. The second-order valence-corrected chi connectivity index (χ2v) is 5.04. The topological polar surface area (TPSA) is 59.6 Å². The van der Waals surface area contributed by atoms with Gasteiger partial charge in [0.1, 0.15) is 11.5 Å². The summed E-state index contributed by atoms with van der Waals surface area (Å²) in [5, 5.41) is 5.49. The number of benzene rings is 2. The molecule has 2 rings (SSSR count). The van der Waals surface area contributed by atoms with Crippen molar-refractivity contribution in [2.45, 2.75) is 6.42 Å². The summed E-state index contributed by atoms with van der Waals surface area (Å²) in [4.78, 5) is 11.8. The molecule has 0 bridgehead atoms. The van der Waals surface area contributed by atoms with Gasteiger partial charge >= 0.3 is 6.03 Å². The fourth-order valence-electron chi connectivity index (χ4n) is 2.28. The Labute approximate surface area is 142 Å². The van der Waals surface area contributed by atoms with Gasteiger partial charge in [-0.25, -0.2) is 4.79 Å². The molecule has 0 unspecified atom stereocenters. The van der Waals surface area contributed by atoms with E-state index in [4.69, 9.17) is 9.47 Å². The summed E-state index contributed by atoms with van der Waals surface area (Å²) in [6.45, 7) is 0.523. The first-order valence-electron chi connectivity index (χ1n) is 7.70. The molecular formula is C19H22N2O3. The number of carbonyl (C=O) groups excluding carboxylic acids is 1. The van der Waals surface area contributed by atoms with Gasteiger partial charge in [0, 0.05) is 18.3 Å². The predicted molar refractivity (Wildman–Crippen MR) is 95.3 cm³/mol. The largest absolute Gasteiger partial charge is 0.496 e. The smallest absolute Gasteiger partial charge is 0.318 e. The van der Waals surface area contributed by atoms with Crippen LogP contribution in [0.2, 0.25) is 0 Å². The number of ether oxygens (including phenoxy) is 2. The zero-order valence-electron chi connectivity index (χ0n) is 13.9. The molecule has 126 valence electrons. The highest BCUT2D eigenvalue weighted by molar-refractivity contribution is 5.76. The van der Waals surface area contributed by atoms with E-state index in [1.54, 1.807) is 26.5 Å². The van der Waals surface area contributed by atoms with Crippen molar-refractivity contribution in [1.29, 1.82) is 0 Å². The van der Waals surface area contributed by atoms with Crippen LogP contribution in [-0.4, -0.2) is 26.8 Å². The molecule has 2 aromatic rings. The fourth-order valence-corrected chi connectivity index (χ4v) is 2.28. The molecule has 0 aliphatic rings. The Kier molecular flexibility index (Phi) is 6.71. The van der Waals surface area contributed by atoms with E-state index in [0.29, 0.717) is 13.0 Å². The molecule has 2 amide bonds. The molecule has 0 saturated carbocycles. The SMILES string of the molecule is COc1ccccc1/C=C/NC(=O)NCCc1ccccc1OC. The number of carbonyl (C=O) groups is 1. The number of rotatable bonds is 7. The molecule has 2 N–H and O–H groups in total. The van der Waals surface area contributed by atoms with Crippen molar-refractivity contribution in [3.05, 3.63) is 65.9 Å². The van der Waals surface area contributed by atoms with Gasteiger partial charge < -0.3 is 20.1 Å². The van der Waals surface area contributed by atoms with Crippen LogP contribution in [0.4, 0.5) is 4.79 Å². The molecule has 0 heterocycles. The lowest BCUT2D eigenvalue weighted by Crippen LogP contribution is -2.33. The molecule has 0 fully saturated rings. The average Bonchev–Trinajstić information content (AvgIpc) is 2.62. The Balaban J connectivity index is 1.78. The Morgan fingerprint density at radius 3 is 2.42 bits per heavy atom. The highest BCUT2D eigenvalue weighted by Crippen LogP contribution is 2.18. The van der Waals surface area contributed by atoms with Gasteiger partial charge in [0.05, 0.1) is 14.2 Å². The van der Waals surface area contributed by atoms with Crippen molar-refractivity contribution in [2.24, 2.45) is 0 Å². The van der Waals surface area contributed by atoms with Gasteiger partial charge in [0.2, 0.25) is 0 Å². The summed E-state index contributed by atoms with van der Waals surface area (Å²) < 4.78 is 10.5. The van der Waals surface area contributed by atoms with Crippen molar-refractivity contribution >= 4 is 12.1 Å². The van der Waals surface area contributed by atoms with E-state index in [1.165, 1.54) is 0 Å². The van der Waals surface area contributed by atoms with Crippen LogP contribution < -0.4 is 20.1 Å². The maximum Gasteiger partial charge on any atom is 0.318 e. The van der Waals surface area contributed by atoms with Gasteiger partial charge in [-0.15, -0.1) is 0 Å². The molecular weight excluding hydrogens is 304 g/mol. The molecule has 0 aliphatic carbocycles. The third kappa shape index (κ3) is 5.05. The minimum absolute atomic E-state index is 0.254. The number of para-hydroxylation sites is 2. The van der Waals surface area contributed by atoms with E-state index >= 15 is 0 Å². The van der Waals surface area contributed by atoms with Crippen LogP contribution in [0.15, 0.2) is 54.7 Å². The first-order chi connectivity index (χ1) is 11.7. The van der Waals surface area contributed by atoms with Crippen molar-refractivity contribution in [3.63, 3.8) is 0 Å². The van der Waals surface area contributed by atoms with Gasteiger partial charge in [-0.05, 0) is 30.2 Å². The molecule has 0 aromatic heterocycles. The van der Waals surface area contributed by atoms with E-state index in [0.717, 1.165) is 22.6 Å². The summed E-state index contributed by atoms with van der Waals surface area (Å²) in [7, 11) is 3.26. The second kappa shape index (κ2) is 9.25. The molecule has 0 saturated heterocycles. The molecule has 24 heavy (non-hydrogen) atoms. The third-order valence-electron chi connectivity index (χ3n) is 3.49. The van der Waals surface area contributed by atoms with Crippen LogP contribution in [0, 0.1) is 0 Å².